The van der Waals surface area contributed by atoms with Crippen molar-refractivity contribution < 1.29 is 17.0 Å². The number of rotatable bonds is 2. The van der Waals surface area contributed by atoms with Gasteiger partial charge in [0, 0.05) is 25.8 Å². The lowest BCUT2D eigenvalue weighted by molar-refractivity contribution is 0.108. The normalized spacial score (nSPS) is 46.8. The number of hydrogen-bond donors (Lipinski definition) is 0. The summed E-state index contributed by atoms with van der Waals surface area (Å²) >= 11 is 0. The SMILES string of the molecule is [2H]C1([2H])CC2(CC2)[C@@]2(C([2H])([2H])C(C)C)CC(=C(F)F)C([2H])([2H])N12. The van der Waals surface area contributed by atoms with Crippen LogP contribution in [0.1, 0.15) is 54.1 Å². The predicted octanol–water partition coefficient (Wildman–Crippen LogP) is 3.81. The molecule has 2 heterocycles. The molecule has 1 nitrogen and oxygen atoms in total. The van der Waals surface area contributed by atoms with Crippen LogP contribution in [0.25, 0.3) is 0 Å². The Hall–Kier alpha value is -0.440. The summed E-state index contributed by atoms with van der Waals surface area (Å²) in [4.78, 5) is 0.814. The number of halogens is 2. The van der Waals surface area contributed by atoms with Crippen molar-refractivity contribution >= 4 is 0 Å². The molecule has 1 spiro atoms. The van der Waals surface area contributed by atoms with Crippen LogP contribution in [0.2, 0.25) is 0 Å². The average molecular weight is 247 g/mol. The van der Waals surface area contributed by atoms with E-state index in [4.69, 9.17) is 8.22 Å². The number of hydrogen-bond acceptors (Lipinski definition) is 1. The first-order valence-electron chi connectivity index (χ1n) is 9.11. The predicted molar refractivity (Wildman–Crippen MR) is 63.9 cm³/mol. The molecule has 0 aromatic heterocycles. The topological polar surface area (TPSA) is 3.24 Å². The molecule has 0 bridgehead atoms. The third kappa shape index (κ3) is 1.51. The van der Waals surface area contributed by atoms with Gasteiger partial charge in [0.25, 0.3) is 6.08 Å². The Morgan fingerprint density at radius 3 is 2.71 bits per heavy atom. The van der Waals surface area contributed by atoms with Crippen molar-refractivity contribution in [3.8, 4) is 0 Å². The molecule has 96 valence electrons. The van der Waals surface area contributed by atoms with Crippen molar-refractivity contribution in [1.29, 1.82) is 0 Å². The summed E-state index contributed by atoms with van der Waals surface area (Å²) in [6.45, 7) is -1.56. The van der Waals surface area contributed by atoms with Crippen molar-refractivity contribution in [2.45, 2.75) is 51.4 Å². The smallest absolute Gasteiger partial charge is 0.270 e. The van der Waals surface area contributed by atoms with Crippen molar-refractivity contribution in [3.63, 3.8) is 0 Å². The molecule has 0 radical (unpaired) electrons. The molecule has 0 unspecified atom stereocenters. The van der Waals surface area contributed by atoms with Crippen LogP contribution in [0, 0.1) is 11.3 Å². The second-order valence-electron chi connectivity index (χ2n) is 5.64. The van der Waals surface area contributed by atoms with Gasteiger partial charge in [-0.15, -0.1) is 0 Å². The molecule has 3 rings (SSSR count). The lowest BCUT2D eigenvalue weighted by atomic mass is 9.74. The monoisotopic (exact) mass is 247 g/mol. The molecule has 3 heteroatoms. The van der Waals surface area contributed by atoms with E-state index in [-0.39, 0.29) is 6.42 Å². The second-order valence-corrected chi connectivity index (χ2v) is 5.64. The van der Waals surface area contributed by atoms with Crippen LogP contribution in [0.4, 0.5) is 8.78 Å². The molecule has 1 aliphatic carbocycles. The van der Waals surface area contributed by atoms with E-state index in [0.29, 0.717) is 12.8 Å². The van der Waals surface area contributed by atoms with Crippen molar-refractivity contribution in [1.82, 2.24) is 4.90 Å². The Kier molecular flexibility index (Phi) is 1.38. The molecule has 17 heavy (non-hydrogen) atoms. The molecular formula is C14H21F2N. The molecule has 0 aromatic rings. The fraction of sp³-hybridized carbons (Fsp3) is 0.857. The Morgan fingerprint density at radius 1 is 1.47 bits per heavy atom. The molecule has 2 aliphatic heterocycles. The molecule has 0 aromatic carbocycles. The van der Waals surface area contributed by atoms with Gasteiger partial charge in [-0.1, -0.05) is 13.8 Å². The Balaban J connectivity index is 2.31. The molecule has 1 saturated carbocycles. The van der Waals surface area contributed by atoms with E-state index < -0.39 is 54.3 Å². The van der Waals surface area contributed by atoms with Gasteiger partial charge < -0.3 is 0 Å². The van der Waals surface area contributed by atoms with Gasteiger partial charge in [0.2, 0.25) is 0 Å². The van der Waals surface area contributed by atoms with Gasteiger partial charge in [0.15, 0.2) is 0 Å². The first-order valence-corrected chi connectivity index (χ1v) is 6.11. The van der Waals surface area contributed by atoms with E-state index in [2.05, 4.69) is 0 Å². The maximum Gasteiger partial charge on any atom is 0.270 e. The summed E-state index contributed by atoms with van der Waals surface area (Å²) in [5.41, 5.74) is -3.11. The van der Waals surface area contributed by atoms with Crippen LogP contribution < -0.4 is 0 Å². The zero-order chi connectivity index (χ0) is 17.6. The molecule has 3 fully saturated rings. The number of nitrogens with zero attached hydrogens (tertiary/aromatic N) is 1. The quantitative estimate of drug-likeness (QED) is 0.717. The van der Waals surface area contributed by atoms with Crippen molar-refractivity contribution in [3.05, 3.63) is 11.7 Å². The van der Waals surface area contributed by atoms with Gasteiger partial charge >= 0.3 is 0 Å². The molecule has 0 N–H and O–H groups in total. The largest absolute Gasteiger partial charge is 0.293 e. The zero-order valence-corrected chi connectivity index (χ0v) is 10.1. The van der Waals surface area contributed by atoms with Crippen LogP contribution in [-0.2, 0) is 0 Å². The van der Waals surface area contributed by atoms with Gasteiger partial charge in [-0.25, -0.2) is 0 Å². The fourth-order valence-corrected chi connectivity index (χ4v) is 3.18. The maximum absolute atomic E-state index is 13.4. The van der Waals surface area contributed by atoms with E-state index in [1.54, 1.807) is 13.8 Å². The maximum atomic E-state index is 13.4. The second kappa shape index (κ2) is 3.53. The van der Waals surface area contributed by atoms with E-state index >= 15 is 0 Å². The third-order valence-corrected chi connectivity index (χ3v) is 4.12. The lowest BCUT2D eigenvalue weighted by Gasteiger charge is -2.39. The molecule has 1 atom stereocenters. The summed E-state index contributed by atoms with van der Waals surface area (Å²) in [5.74, 6) is -0.547. The minimum Gasteiger partial charge on any atom is -0.293 e. The summed E-state index contributed by atoms with van der Waals surface area (Å²) in [6.07, 6.45) is -3.51. The summed E-state index contributed by atoms with van der Waals surface area (Å²) in [7, 11) is 0. The van der Waals surface area contributed by atoms with Crippen LogP contribution in [0.3, 0.4) is 0 Å². The van der Waals surface area contributed by atoms with Gasteiger partial charge in [-0.3, -0.25) is 4.90 Å². The first kappa shape index (κ1) is 6.65. The van der Waals surface area contributed by atoms with Crippen molar-refractivity contribution in [2.75, 3.05) is 13.0 Å². The van der Waals surface area contributed by atoms with E-state index in [1.807, 2.05) is 0 Å². The van der Waals surface area contributed by atoms with Crippen LogP contribution in [0.15, 0.2) is 11.7 Å². The lowest BCUT2D eigenvalue weighted by Crippen LogP contribution is -2.45. The standard InChI is InChI=1S/C14H21F2N/c1-10(2)7-14-8-11(12(15)16)9-17(14)6-5-13(14)3-4-13/h10H,3-9H2,1-2H3/t14-/m1/s1/i6D2,7D2,9D2. The van der Waals surface area contributed by atoms with E-state index in [1.165, 1.54) is 0 Å². The fourth-order valence-electron chi connectivity index (χ4n) is 3.18. The number of fused-ring (bicyclic) bond motifs is 2. The molecular weight excluding hydrogens is 220 g/mol. The zero-order valence-electron chi connectivity index (χ0n) is 16.1. The van der Waals surface area contributed by atoms with Gasteiger partial charge in [0.1, 0.15) is 0 Å². The first-order chi connectivity index (χ1) is 10.3. The highest BCUT2D eigenvalue weighted by Crippen LogP contribution is 2.68. The van der Waals surface area contributed by atoms with Crippen LogP contribution in [0.5, 0.6) is 0 Å². The van der Waals surface area contributed by atoms with Gasteiger partial charge in [0.05, 0.1) is 0 Å². The van der Waals surface area contributed by atoms with Crippen LogP contribution >= 0.6 is 0 Å². The Morgan fingerprint density at radius 2 is 2.18 bits per heavy atom. The highest BCUT2D eigenvalue weighted by molar-refractivity contribution is 5.29. The third-order valence-electron chi connectivity index (χ3n) is 4.12. The summed E-state index contributed by atoms with van der Waals surface area (Å²) in [6, 6.07) is 0. The van der Waals surface area contributed by atoms with Crippen molar-refractivity contribution in [2.24, 2.45) is 11.3 Å². The van der Waals surface area contributed by atoms with Crippen LogP contribution in [-0.4, -0.2) is 23.4 Å². The average Bonchev–Trinajstić information content (AvgIpc) is 2.99. The van der Waals surface area contributed by atoms with E-state index in [0.717, 1.165) is 4.90 Å². The molecule has 2 saturated heterocycles. The highest BCUT2D eigenvalue weighted by atomic mass is 19.3. The Bertz CT molecular complexity index is 580. The van der Waals surface area contributed by atoms with Gasteiger partial charge in [-0.2, -0.15) is 8.78 Å². The minimum atomic E-state index is -2.68. The minimum absolute atomic E-state index is 0.00702. The Labute approximate surface area is 110 Å². The molecule has 0 amide bonds. The van der Waals surface area contributed by atoms with E-state index in [9.17, 15) is 8.78 Å². The molecule has 3 aliphatic rings. The van der Waals surface area contributed by atoms with Gasteiger partial charge in [-0.05, 0) is 49.9 Å². The highest BCUT2D eigenvalue weighted by Gasteiger charge is 2.67. The summed E-state index contributed by atoms with van der Waals surface area (Å²) < 4.78 is 76.8. The summed E-state index contributed by atoms with van der Waals surface area (Å²) in [5, 5.41) is 0.